The standard InChI is InChI=1S/C8H12ClN3O6S.C7H9ClN6O3/c1-8(13,5-18-19(2,16)17)4-11-3-6(12(14)15)10-7(11)9;1-7(15,3-10-12-9)4-13-2-5(14(16)17)11-6(13)8/h3,13H,4-5H2,1-2H3;2,15H,3-4H2,1H3/t8-;7-/m10/s1. The highest BCUT2D eigenvalue weighted by molar-refractivity contribution is 7.85. The summed E-state index contributed by atoms with van der Waals surface area (Å²) in [6.45, 7) is 1.78. The van der Waals surface area contributed by atoms with Crippen molar-refractivity contribution in [2.24, 2.45) is 5.11 Å². The van der Waals surface area contributed by atoms with E-state index in [1.807, 2.05) is 0 Å². The smallest absolute Gasteiger partial charge is 0.383 e. The monoisotopic (exact) mass is 573 g/mol. The van der Waals surface area contributed by atoms with Crippen molar-refractivity contribution in [2.75, 3.05) is 19.4 Å². The fraction of sp³-hybridized carbons (Fsp3) is 0.600. The molecule has 0 aliphatic heterocycles. The zero-order chi connectivity index (χ0) is 27.9. The number of hydrogen-bond acceptors (Lipinski definition) is 12. The average molecular weight is 574 g/mol. The van der Waals surface area contributed by atoms with Gasteiger partial charge in [-0.05, 0) is 62.4 Å². The van der Waals surface area contributed by atoms with Gasteiger partial charge in [0.2, 0.25) is 0 Å². The van der Waals surface area contributed by atoms with Crippen LogP contribution in [0.5, 0.6) is 0 Å². The van der Waals surface area contributed by atoms with Crippen LogP contribution in [0.4, 0.5) is 11.6 Å². The summed E-state index contributed by atoms with van der Waals surface area (Å²) in [6.07, 6.45) is 2.99. The maximum atomic E-state index is 10.8. The van der Waals surface area contributed by atoms with E-state index in [2.05, 4.69) is 24.2 Å². The third-order valence-electron chi connectivity index (χ3n) is 3.88. The maximum absolute atomic E-state index is 10.8. The summed E-state index contributed by atoms with van der Waals surface area (Å²) in [5, 5.41) is 43.6. The van der Waals surface area contributed by atoms with Gasteiger partial charge in [0.1, 0.15) is 18.0 Å². The Balaban J connectivity index is 0.000000362. The predicted molar refractivity (Wildman–Crippen MR) is 124 cm³/mol. The minimum absolute atomic E-state index is 0.0638. The van der Waals surface area contributed by atoms with E-state index in [0.717, 1.165) is 23.2 Å². The van der Waals surface area contributed by atoms with Crippen LogP contribution in [0.1, 0.15) is 13.8 Å². The molecule has 0 aliphatic carbocycles. The Morgan fingerprint density at radius 1 is 1.08 bits per heavy atom. The molecule has 2 rings (SSSR count). The SMILES string of the molecule is C[C@](O)(CN=[N+]=[N-])Cn1cc([N+](=O)[O-])nc1Cl.C[C@](O)(COS(C)(=O)=O)Cn1cc([N+](=O)[O-])nc1Cl. The van der Waals surface area contributed by atoms with E-state index >= 15 is 0 Å². The summed E-state index contributed by atoms with van der Waals surface area (Å²) < 4.78 is 28.5. The van der Waals surface area contributed by atoms with E-state index in [1.54, 1.807) is 0 Å². The summed E-state index contributed by atoms with van der Waals surface area (Å²) >= 11 is 11.3. The van der Waals surface area contributed by atoms with Gasteiger partial charge < -0.3 is 30.4 Å². The van der Waals surface area contributed by atoms with E-state index in [-0.39, 0.29) is 30.2 Å². The minimum Gasteiger partial charge on any atom is -0.388 e. The summed E-state index contributed by atoms with van der Waals surface area (Å²) in [5.74, 6) is -0.876. The fourth-order valence-electron chi connectivity index (χ4n) is 2.41. The Morgan fingerprint density at radius 2 is 1.50 bits per heavy atom. The summed E-state index contributed by atoms with van der Waals surface area (Å²) in [4.78, 5) is 29.0. The van der Waals surface area contributed by atoms with Gasteiger partial charge in [-0.2, -0.15) is 8.42 Å². The third kappa shape index (κ3) is 10.7. The molecule has 0 amide bonds. The molecule has 0 aliphatic rings. The average Bonchev–Trinajstić information content (AvgIpc) is 3.27. The molecule has 0 fully saturated rings. The van der Waals surface area contributed by atoms with Crippen LogP contribution in [-0.4, -0.2) is 78.2 Å². The molecule has 18 nitrogen and oxygen atoms in total. The van der Waals surface area contributed by atoms with Crippen molar-refractivity contribution in [1.82, 2.24) is 19.1 Å². The lowest BCUT2D eigenvalue weighted by Crippen LogP contribution is -2.36. The number of nitrogens with zero attached hydrogens (tertiary/aromatic N) is 9. The van der Waals surface area contributed by atoms with Crippen molar-refractivity contribution in [3.63, 3.8) is 0 Å². The van der Waals surface area contributed by atoms with Gasteiger partial charge in [-0.15, -0.1) is 0 Å². The molecular formula is C15H21Cl2N9O9S. The minimum atomic E-state index is -3.69. The van der Waals surface area contributed by atoms with Crippen molar-refractivity contribution in [3.8, 4) is 0 Å². The molecule has 2 aromatic heterocycles. The second-order valence-corrected chi connectivity index (χ2v) is 10.2. The Morgan fingerprint density at radius 3 is 1.83 bits per heavy atom. The highest BCUT2D eigenvalue weighted by Crippen LogP contribution is 2.20. The molecule has 200 valence electrons. The zero-order valence-corrected chi connectivity index (χ0v) is 21.3. The van der Waals surface area contributed by atoms with Crippen molar-refractivity contribution in [2.45, 2.75) is 38.1 Å². The van der Waals surface area contributed by atoms with Gasteiger partial charge in [-0.3, -0.25) is 13.3 Å². The predicted octanol–water partition coefficient (Wildman–Crippen LogP) is 1.68. The van der Waals surface area contributed by atoms with Gasteiger partial charge in [0, 0.05) is 4.91 Å². The first-order valence-electron chi connectivity index (χ1n) is 9.40. The highest BCUT2D eigenvalue weighted by Gasteiger charge is 2.28. The molecule has 21 heteroatoms. The quantitative estimate of drug-likeness (QED) is 0.0974. The molecule has 2 aromatic rings. The van der Waals surface area contributed by atoms with Gasteiger partial charge in [-0.1, -0.05) is 5.11 Å². The fourth-order valence-corrected chi connectivity index (χ4v) is 3.26. The second-order valence-electron chi connectivity index (χ2n) is 7.86. The van der Waals surface area contributed by atoms with Crippen LogP contribution >= 0.6 is 23.2 Å². The third-order valence-corrected chi connectivity index (χ3v) is 5.03. The molecule has 36 heavy (non-hydrogen) atoms. The Kier molecular flexibility index (Phi) is 10.5. The molecule has 0 aromatic carbocycles. The molecule has 0 saturated heterocycles. The van der Waals surface area contributed by atoms with Gasteiger partial charge >= 0.3 is 22.2 Å². The zero-order valence-electron chi connectivity index (χ0n) is 18.9. The van der Waals surface area contributed by atoms with E-state index in [1.165, 1.54) is 18.4 Å². The van der Waals surface area contributed by atoms with Crippen LogP contribution in [-0.2, 0) is 27.4 Å². The normalized spacial score (nSPS) is 14.5. The van der Waals surface area contributed by atoms with Crippen LogP contribution in [0, 0.1) is 20.2 Å². The van der Waals surface area contributed by atoms with Crippen molar-refractivity contribution >= 4 is 45.0 Å². The molecule has 0 saturated carbocycles. The van der Waals surface area contributed by atoms with E-state index in [0.29, 0.717) is 0 Å². The molecule has 2 atom stereocenters. The first-order chi connectivity index (χ1) is 16.4. The Labute approximate surface area is 213 Å². The van der Waals surface area contributed by atoms with Gasteiger partial charge in [0.25, 0.3) is 10.1 Å². The largest absolute Gasteiger partial charge is 0.388 e. The van der Waals surface area contributed by atoms with E-state index < -0.39 is 49.4 Å². The number of nitro groups is 2. The number of hydrogen-bond donors (Lipinski definition) is 2. The second kappa shape index (κ2) is 12.3. The van der Waals surface area contributed by atoms with Crippen LogP contribution in [0.2, 0.25) is 10.6 Å². The van der Waals surface area contributed by atoms with Crippen molar-refractivity contribution < 1.29 is 32.7 Å². The topological polar surface area (TPSA) is 255 Å². The van der Waals surface area contributed by atoms with Gasteiger partial charge in [0.15, 0.2) is 0 Å². The first-order valence-corrected chi connectivity index (χ1v) is 12.0. The molecule has 2 heterocycles. The molecule has 2 N–H and O–H groups in total. The number of aliphatic hydroxyl groups is 2. The molecule has 0 unspecified atom stereocenters. The summed E-state index contributed by atoms with van der Waals surface area (Å²) in [7, 11) is -3.69. The van der Waals surface area contributed by atoms with Crippen LogP contribution in [0.25, 0.3) is 10.4 Å². The first kappa shape index (κ1) is 31.0. The number of halogens is 2. The maximum Gasteiger partial charge on any atom is 0.383 e. The van der Waals surface area contributed by atoms with Gasteiger partial charge in [-0.25, -0.2) is 0 Å². The number of rotatable bonds is 11. The molecule has 0 bridgehead atoms. The molecule has 0 spiro atoms. The summed E-state index contributed by atoms with van der Waals surface area (Å²) in [5.41, 5.74) is 5.20. The number of imidazole rings is 2. The van der Waals surface area contributed by atoms with Crippen molar-refractivity contribution in [1.29, 1.82) is 0 Å². The lowest BCUT2D eigenvalue weighted by molar-refractivity contribution is -0.389. The number of azide groups is 1. The Hall–Kier alpha value is -3.06. The van der Waals surface area contributed by atoms with Crippen LogP contribution in [0.3, 0.4) is 0 Å². The van der Waals surface area contributed by atoms with E-state index in [4.69, 9.17) is 28.7 Å². The molecule has 0 radical (unpaired) electrons. The van der Waals surface area contributed by atoms with Crippen molar-refractivity contribution in [3.05, 3.63) is 53.6 Å². The molecular weight excluding hydrogens is 553 g/mol. The highest BCUT2D eigenvalue weighted by atomic mass is 35.5. The summed E-state index contributed by atoms with van der Waals surface area (Å²) in [6, 6.07) is 0. The van der Waals surface area contributed by atoms with Gasteiger partial charge in [0.05, 0.1) is 38.1 Å². The lowest BCUT2D eigenvalue weighted by Gasteiger charge is -2.22. The van der Waals surface area contributed by atoms with E-state index in [9.17, 15) is 38.9 Å². The Bertz CT molecular complexity index is 1250. The van der Waals surface area contributed by atoms with Crippen LogP contribution < -0.4 is 0 Å². The lowest BCUT2D eigenvalue weighted by atomic mass is 10.1. The van der Waals surface area contributed by atoms with Crippen LogP contribution in [0.15, 0.2) is 17.5 Å². The number of aromatic nitrogens is 4.